The van der Waals surface area contributed by atoms with Crippen molar-refractivity contribution in [3.05, 3.63) is 34.5 Å². The van der Waals surface area contributed by atoms with Crippen molar-refractivity contribution in [3.63, 3.8) is 0 Å². The van der Waals surface area contributed by atoms with Gasteiger partial charge in [-0.1, -0.05) is 15.9 Å². The van der Waals surface area contributed by atoms with E-state index >= 15 is 0 Å². The molecule has 0 radical (unpaired) electrons. The van der Waals surface area contributed by atoms with E-state index in [1.165, 1.54) is 0 Å². The van der Waals surface area contributed by atoms with Crippen LogP contribution in [0.4, 0.5) is 0 Å². The number of amides is 1. The third kappa shape index (κ3) is 3.34. The van der Waals surface area contributed by atoms with Crippen molar-refractivity contribution in [3.8, 4) is 0 Å². The van der Waals surface area contributed by atoms with Crippen LogP contribution in [0.2, 0.25) is 0 Å². The lowest BCUT2D eigenvalue weighted by molar-refractivity contribution is -0.125. The molecule has 1 amide bonds. The number of aliphatic hydroxyl groups excluding tert-OH is 1. The molecular formula is C13H15BrN2O3. The molecule has 19 heavy (non-hydrogen) atoms. The van der Waals surface area contributed by atoms with E-state index in [2.05, 4.69) is 21.2 Å². The van der Waals surface area contributed by atoms with Gasteiger partial charge in [0.25, 0.3) is 0 Å². The highest BCUT2D eigenvalue weighted by molar-refractivity contribution is 9.10. The SMILES string of the molecule is CC(NCC(O)C(N)=O)c1cc2cc(Br)ccc2o1. The van der Waals surface area contributed by atoms with E-state index in [4.69, 9.17) is 10.2 Å². The number of primary amides is 1. The van der Waals surface area contributed by atoms with Crippen molar-refractivity contribution in [2.75, 3.05) is 6.54 Å². The summed E-state index contributed by atoms with van der Waals surface area (Å²) >= 11 is 3.40. The summed E-state index contributed by atoms with van der Waals surface area (Å²) in [6.07, 6.45) is -1.19. The summed E-state index contributed by atoms with van der Waals surface area (Å²) in [6, 6.07) is 7.56. The third-order valence-electron chi connectivity index (χ3n) is 2.87. The Hall–Kier alpha value is -1.37. The molecule has 2 atom stereocenters. The van der Waals surface area contributed by atoms with Gasteiger partial charge in [-0.2, -0.15) is 0 Å². The second kappa shape index (κ2) is 5.73. The number of nitrogens with two attached hydrogens (primary N) is 1. The van der Waals surface area contributed by atoms with Crippen LogP contribution >= 0.6 is 15.9 Å². The molecule has 102 valence electrons. The van der Waals surface area contributed by atoms with Crippen LogP contribution in [0.3, 0.4) is 0 Å². The Balaban J connectivity index is 2.09. The Morgan fingerprint density at radius 3 is 2.95 bits per heavy atom. The second-order valence-electron chi connectivity index (χ2n) is 4.38. The molecule has 0 aliphatic rings. The summed E-state index contributed by atoms with van der Waals surface area (Å²) in [5.41, 5.74) is 5.78. The van der Waals surface area contributed by atoms with Crippen molar-refractivity contribution in [1.29, 1.82) is 0 Å². The number of nitrogens with one attached hydrogen (secondary N) is 1. The number of halogens is 1. The molecule has 2 aromatic rings. The standard InChI is InChI=1S/C13H15BrN2O3/c1-7(16-6-10(17)13(15)18)12-5-8-4-9(14)2-3-11(8)19-12/h2-5,7,10,16-17H,6H2,1H3,(H2,15,18). The van der Waals surface area contributed by atoms with E-state index in [0.717, 1.165) is 21.2 Å². The molecule has 0 fully saturated rings. The largest absolute Gasteiger partial charge is 0.459 e. The van der Waals surface area contributed by atoms with Gasteiger partial charge < -0.3 is 20.6 Å². The zero-order valence-corrected chi connectivity index (χ0v) is 12.0. The molecule has 0 aliphatic heterocycles. The highest BCUT2D eigenvalue weighted by Crippen LogP contribution is 2.26. The summed E-state index contributed by atoms with van der Waals surface area (Å²) in [5.74, 6) is -0.00185. The van der Waals surface area contributed by atoms with Gasteiger partial charge in [-0.3, -0.25) is 4.79 Å². The van der Waals surface area contributed by atoms with Crippen LogP contribution in [0.1, 0.15) is 18.7 Å². The molecule has 0 saturated carbocycles. The molecule has 1 heterocycles. The smallest absolute Gasteiger partial charge is 0.247 e. The quantitative estimate of drug-likeness (QED) is 0.780. The first-order chi connectivity index (χ1) is 8.97. The zero-order chi connectivity index (χ0) is 14.0. The van der Waals surface area contributed by atoms with Crippen molar-refractivity contribution < 1.29 is 14.3 Å². The first-order valence-corrected chi connectivity index (χ1v) is 6.66. The number of rotatable bonds is 5. The van der Waals surface area contributed by atoms with Gasteiger partial charge in [-0.25, -0.2) is 0 Å². The van der Waals surface area contributed by atoms with E-state index in [-0.39, 0.29) is 12.6 Å². The van der Waals surface area contributed by atoms with Crippen LogP contribution in [-0.2, 0) is 4.79 Å². The molecule has 0 bridgehead atoms. The minimum absolute atomic E-state index is 0.0945. The minimum atomic E-state index is -1.19. The van der Waals surface area contributed by atoms with Crippen LogP contribution in [-0.4, -0.2) is 23.7 Å². The Morgan fingerprint density at radius 1 is 1.53 bits per heavy atom. The summed E-state index contributed by atoms with van der Waals surface area (Å²) < 4.78 is 6.68. The highest BCUT2D eigenvalue weighted by atomic mass is 79.9. The lowest BCUT2D eigenvalue weighted by Crippen LogP contribution is -2.38. The van der Waals surface area contributed by atoms with Crippen LogP contribution in [0.15, 0.2) is 33.2 Å². The monoisotopic (exact) mass is 326 g/mol. The first kappa shape index (κ1) is 14.0. The lowest BCUT2D eigenvalue weighted by Gasteiger charge is -2.13. The maximum absolute atomic E-state index is 10.7. The van der Waals surface area contributed by atoms with E-state index in [1.54, 1.807) is 0 Å². The van der Waals surface area contributed by atoms with Gasteiger partial charge >= 0.3 is 0 Å². The second-order valence-corrected chi connectivity index (χ2v) is 5.29. The fourth-order valence-electron chi connectivity index (χ4n) is 1.74. The summed E-state index contributed by atoms with van der Waals surface area (Å²) in [6.45, 7) is 1.98. The number of hydrogen-bond acceptors (Lipinski definition) is 4. The molecule has 2 rings (SSSR count). The summed E-state index contributed by atoms with van der Waals surface area (Å²) in [7, 11) is 0. The average Bonchev–Trinajstić information content (AvgIpc) is 2.78. The van der Waals surface area contributed by atoms with Crippen LogP contribution in [0, 0.1) is 0 Å². The summed E-state index contributed by atoms with van der Waals surface area (Å²) in [5, 5.41) is 13.3. The Morgan fingerprint density at radius 2 is 2.26 bits per heavy atom. The average molecular weight is 327 g/mol. The van der Waals surface area contributed by atoms with Gasteiger partial charge in [-0.15, -0.1) is 0 Å². The van der Waals surface area contributed by atoms with Crippen molar-refractivity contribution >= 4 is 32.8 Å². The molecule has 2 unspecified atom stereocenters. The van der Waals surface area contributed by atoms with Gasteiger partial charge in [0.05, 0.1) is 6.04 Å². The fourth-order valence-corrected chi connectivity index (χ4v) is 2.12. The van der Waals surface area contributed by atoms with E-state index in [1.807, 2.05) is 31.2 Å². The maximum Gasteiger partial charge on any atom is 0.247 e. The van der Waals surface area contributed by atoms with E-state index in [0.29, 0.717) is 0 Å². The predicted octanol–water partition coefficient (Wildman–Crippen LogP) is 1.69. The van der Waals surface area contributed by atoms with Gasteiger partial charge in [0, 0.05) is 16.4 Å². The number of carbonyl (C=O) groups excluding carboxylic acids is 1. The van der Waals surface area contributed by atoms with Gasteiger partial charge in [0.1, 0.15) is 17.4 Å². The third-order valence-corrected chi connectivity index (χ3v) is 3.36. The molecular weight excluding hydrogens is 312 g/mol. The number of fused-ring (bicyclic) bond motifs is 1. The fraction of sp³-hybridized carbons (Fsp3) is 0.308. The number of benzene rings is 1. The maximum atomic E-state index is 10.7. The number of furan rings is 1. The Bertz CT molecular complexity index is 597. The molecule has 1 aromatic heterocycles. The van der Waals surface area contributed by atoms with Crippen molar-refractivity contribution in [2.45, 2.75) is 19.1 Å². The topological polar surface area (TPSA) is 88.5 Å². The molecule has 5 nitrogen and oxygen atoms in total. The first-order valence-electron chi connectivity index (χ1n) is 5.87. The minimum Gasteiger partial charge on any atom is -0.459 e. The summed E-state index contributed by atoms with van der Waals surface area (Å²) in [4.78, 5) is 10.7. The molecule has 0 spiro atoms. The van der Waals surface area contributed by atoms with Crippen molar-refractivity contribution in [1.82, 2.24) is 5.32 Å². The normalized spacial score (nSPS) is 14.5. The van der Waals surface area contributed by atoms with Gasteiger partial charge in [0.15, 0.2) is 0 Å². The molecule has 4 N–H and O–H groups in total. The zero-order valence-electron chi connectivity index (χ0n) is 10.4. The molecule has 1 aromatic carbocycles. The van der Waals surface area contributed by atoms with Crippen LogP contribution < -0.4 is 11.1 Å². The predicted molar refractivity (Wildman–Crippen MR) is 75.5 cm³/mol. The van der Waals surface area contributed by atoms with Gasteiger partial charge in [0.2, 0.25) is 5.91 Å². The number of carbonyl (C=O) groups is 1. The van der Waals surface area contributed by atoms with Crippen molar-refractivity contribution in [2.24, 2.45) is 5.73 Å². The van der Waals surface area contributed by atoms with Crippen LogP contribution in [0.25, 0.3) is 11.0 Å². The lowest BCUT2D eigenvalue weighted by atomic mass is 10.2. The Labute approximate surface area is 118 Å². The van der Waals surface area contributed by atoms with Crippen LogP contribution in [0.5, 0.6) is 0 Å². The van der Waals surface area contributed by atoms with E-state index in [9.17, 15) is 9.90 Å². The van der Waals surface area contributed by atoms with Gasteiger partial charge in [-0.05, 0) is 31.2 Å². The highest BCUT2D eigenvalue weighted by Gasteiger charge is 2.15. The number of hydrogen-bond donors (Lipinski definition) is 3. The van der Waals surface area contributed by atoms with E-state index < -0.39 is 12.0 Å². The Kier molecular flexibility index (Phi) is 4.24. The molecule has 6 heteroatoms. The molecule has 0 saturated heterocycles. The number of aliphatic hydroxyl groups is 1. The molecule has 0 aliphatic carbocycles.